The summed E-state index contributed by atoms with van der Waals surface area (Å²) in [4.78, 5) is 6.86. The van der Waals surface area contributed by atoms with Gasteiger partial charge in [-0.25, -0.2) is 4.98 Å². The van der Waals surface area contributed by atoms with Gasteiger partial charge in [0.2, 0.25) is 0 Å². The predicted molar refractivity (Wildman–Crippen MR) is 76.7 cm³/mol. The smallest absolute Gasteiger partial charge is 0.109 e. The van der Waals surface area contributed by atoms with Gasteiger partial charge in [0.15, 0.2) is 0 Å². The molecule has 0 aliphatic carbocycles. The van der Waals surface area contributed by atoms with Gasteiger partial charge in [0.05, 0.1) is 0 Å². The number of rotatable bonds is 3. The minimum Gasteiger partial charge on any atom is -0.398 e. The van der Waals surface area contributed by atoms with Gasteiger partial charge in [-0.15, -0.1) is 0 Å². The average molecular weight is 256 g/mol. The minimum atomic E-state index is 0.946. The molecule has 1 aromatic carbocycles. The van der Waals surface area contributed by atoms with Crippen LogP contribution in [-0.2, 0) is 26.4 Å². The van der Waals surface area contributed by atoms with E-state index in [4.69, 9.17) is 5.73 Å². The predicted octanol–water partition coefficient (Wildman–Crippen LogP) is 1.60. The summed E-state index contributed by atoms with van der Waals surface area (Å²) in [5.74, 6) is 1.15. The Kier molecular flexibility index (Phi) is 3.25. The van der Waals surface area contributed by atoms with Crippen molar-refractivity contribution in [2.75, 3.05) is 18.8 Å². The van der Waals surface area contributed by atoms with Crippen molar-refractivity contribution < 1.29 is 0 Å². The molecule has 100 valence electrons. The Balaban J connectivity index is 1.65. The number of imidazole rings is 1. The van der Waals surface area contributed by atoms with E-state index in [1.165, 1.54) is 11.1 Å². The second-order valence-corrected chi connectivity index (χ2v) is 5.22. The third-order valence-corrected chi connectivity index (χ3v) is 3.95. The van der Waals surface area contributed by atoms with Crippen molar-refractivity contribution in [2.24, 2.45) is 7.05 Å². The molecule has 0 amide bonds. The molecule has 2 heterocycles. The van der Waals surface area contributed by atoms with Gasteiger partial charge in [0.25, 0.3) is 0 Å². The van der Waals surface area contributed by atoms with Crippen LogP contribution in [0.3, 0.4) is 0 Å². The van der Waals surface area contributed by atoms with Crippen molar-refractivity contribution in [2.45, 2.75) is 19.4 Å². The number of anilines is 1. The molecule has 3 rings (SSSR count). The molecular formula is C15H20N4. The van der Waals surface area contributed by atoms with E-state index in [9.17, 15) is 0 Å². The number of hydrogen-bond donors (Lipinski definition) is 1. The largest absolute Gasteiger partial charge is 0.398 e. The molecule has 2 N–H and O–H groups in total. The number of fused-ring (bicyclic) bond motifs is 1. The lowest BCUT2D eigenvalue weighted by molar-refractivity contribution is 0.255. The third kappa shape index (κ3) is 2.49. The molecule has 19 heavy (non-hydrogen) atoms. The van der Waals surface area contributed by atoms with E-state index in [1.807, 2.05) is 18.5 Å². The first-order valence-corrected chi connectivity index (χ1v) is 6.79. The number of nitrogen functional groups attached to an aromatic ring is 1. The maximum absolute atomic E-state index is 6.03. The Morgan fingerprint density at radius 3 is 3.05 bits per heavy atom. The van der Waals surface area contributed by atoms with Crippen molar-refractivity contribution in [3.8, 4) is 0 Å². The second-order valence-electron chi connectivity index (χ2n) is 5.22. The molecule has 0 bridgehead atoms. The Hall–Kier alpha value is -1.81. The molecule has 1 aliphatic rings. The molecular weight excluding hydrogens is 236 g/mol. The van der Waals surface area contributed by atoms with Crippen molar-refractivity contribution in [3.05, 3.63) is 47.5 Å². The van der Waals surface area contributed by atoms with Crippen molar-refractivity contribution in [1.82, 2.24) is 14.5 Å². The summed E-state index contributed by atoms with van der Waals surface area (Å²) < 4.78 is 2.09. The lowest BCUT2D eigenvalue weighted by Gasteiger charge is -2.29. The Morgan fingerprint density at radius 1 is 1.37 bits per heavy atom. The van der Waals surface area contributed by atoms with Crippen LogP contribution in [0.4, 0.5) is 5.69 Å². The van der Waals surface area contributed by atoms with Crippen molar-refractivity contribution in [3.63, 3.8) is 0 Å². The lowest BCUT2D eigenvalue weighted by Crippen LogP contribution is -2.33. The Labute approximate surface area is 113 Å². The van der Waals surface area contributed by atoms with Crippen LogP contribution in [0.15, 0.2) is 30.6 Å². The molecule has 0 saturated heterocycles. The summed E-state index contributed by atoms with van der Waals surface area (Å²) in [7, 11) is 2.05. The van der Waals surface area contributed by atoms with E-state index >= 15 is 0 Å². The fraction of sp³-hybridized carbons (Fsp3) is 0.400. The molecule has 2 aromatic rings. The molecule has 0 unspecified atom stereocenters. The van der Waals surface area contributed by atoms with Crippen LogP contribution in [0.5, 0.6) is 0 Å². The molecule has 0 saturated carbocycles. The highest BCUT2D eigenvalue weighted by atomic mass is 15.1. The van der Waals surface area contributed by atoms with Gasteiger partial charge < -0.3 is 10.3 Å². The summed E-state index contributed by atoms with van der Waals surface area (Å²) in [5, 5.41) is 0. The van der Waals surface area contributed by atoms with Gasteiger partial charge in [0.1, 0.15) is 5.82 Å². The molecule has 4 nitrogen and oxygen atoms in total. The highest BCUT2D eigenvalue weighted by molar-refractivity contribution is 5.51. The molecule has 0 spiro atoms. The third-order valence-electron chi connectivity index (χ3n) is 3.95. The lowest BCUT2D eigenvalue weighted by atomic mass is 9.98. The first kappa shape index (κ1) is 12.2. The Bertz CT molecular complexity index is 573. The fourth-order valence-electron chi connectivity index (χ4n) is 2.78. The zero-order chi connectivity index (χ0) is 13.2. The van der Waals surface area contributed by atoms with E-state index < -0.39 is 0 Å². The minimum absolute atomic E-state index is 0.946. The molecule has 4 heteroatoms. The summed E-state index contributed by atoms with van der Waals surface area (Å²) in [5.41, 5.74) is 9.70. The number of aryl methyl sites for hydroxylation is 1. The van der Waals surface area contributed by atoms with Crippen LogP contribution >= 0.6 is 0 Å². The normalized spacial score (nSPS) is 15.4. The van der Waals surface area contributed by atoms with Gasteiger partial charge in [-0.3, -0.25) is 4.90 Å². The van der Waals surface area contributed by atoms with Gasteiger partial charge in [-0.05, 0) is 23.6 Å². The van der Waals surface area contributed by atoms with Gasteiger partial charge in [-0.1, -0.05) is 12.1 Å². The number of benzene rings is 1. The summed E-state index contributed by atoms with van der Waals surface area (Å²) in [6.45, 7) is 3.15. The fourth-order valence-corrected chi connectivity index (χ4v) is 2.78. The number of nitrogens with two attached hydrogens (primary N) is 1. The zero-order valence-electron chi connectivity index (χ0n) is 11.3. The average Bonchev–Trinajstić information content (AvgIpc) is 2.82. The van der Waals surface area contributed by atoms with Crippen LogP contribution in [0.25, 0.3) is 0 Å². The summed E-state index contributed by atoms with van der Waals surface area (Å²) in [6.07, 6.45) is 5.92. The van der Waals surface area contributed by atoms with Crippen molar-refractivity contribution >= 4 is 5.69 Å². The zero-order valence-corrected chi connectivity index (χ0v) is 11.3. The number of hydrogen-bond acceptors (Lipinski definition) is 3. The monoisotopic (exact) mass is 256 g/mol. The SMILES string of the molecule is Cn1ccnc1CCN1CCc2c(N)cccc2C1. The molecule has 0 fully saturated rings. The van der Waals surface area contributed by atoms with Crippen LogP contribution < -0.4 is 5.73 Å². The van der Waals surface area contributed by atoms with Crippen LogP contribution in [-0.4, -0.2) is 27.5 Å². The van der Waals surface area contributed by atoms with Gasteiger partial charge in [-0.2, -0.15) is 0 Å². The first-order chi connectivity index (χ1) is 9.24. The summed E-state index contributed by atoms with van der Waals surface area (Å²) in [6, 6.07) is 6.25. The first-order valence-electron chi connectivity index (χ1n) is 6.79. The maximum atomic E-state index is 6.03. The number of aromatic nitrogens is 2. The van der Waals surface area contributed by atoms with E-state index in [0.717, 1.165) is 44.0 Å². The van der Waals surface area contributed by atoms with E-state index in [1.54, 1.807) is 0 Å². The quantitative estimate of drug-likeness (QED) is 0.849. The summed E-state index contributed by atoms with van der Waals surface area (Å²) >= 11 is 0. The molecule has 1 aromatic heterocycles. The highest BCUT2D eigenvalue weighted by Gasteiger charge is 2.17. The topological polar surface area (TPSA) is 47.1 Å². The number of nitrogens with zero attached hydrogens (tertiary/aromatic N) is 3. The van der Waals surface area contributed by atoms with Crippen molar-refractivity contribution in [1.29, 1.82) is 0 Å². The molecule has 0 radical (unpaired) electrons. The second kappa shape index (κ2) is 5.05. The van der Waals surface area contributed by atoms with Crippen LogP contribution in [0, 0.1) is 0 Å². The maximum Gasteiger partial charge on any atom is 0.109 e. The van der Waals surface area contributed by atoms with E-state index in [0.29, 0.717) is 0 Å². The molecule has 1 aliphatic heterocycles. The standard InChI is InChI=1S/C15H20N4/c1-18-10-7-17-15(18)6-9-19-8-5-13-12(11-19)3-2-4-14(13)16/h2-4,7,10H,5-6,8-9,11,16H2,1H3. The van der Waals surface area contributed by atoms with Gasteiger partial charge >= 0.3 is 0 Å². The Morgan fingerprint density at radius 2 is 2.26 bits per heavy atom. The van der Waals surface area contributed by atoms with Crippen LogP contribution in [0.2, 0.25) is 0 Å². The van der Waals surface area contributed by atoms with Crippen LogP contribution in [0.1, 0.15) is 17.0 Å². The molecule has 0 atom stereocenters. The highest BCUT2D eigenvalue weighted by Crippen LogP contribution is 2.23. The van der Waals surface area contributed by atoms with E-state index in [2.05, 4.69) is 33.6 Å². The van der Waals surface area contributed by atoms with Gasteiger partial charge in [0, 0.05) is 51.2 Å². The van der Waals surface area contributed by atoms with E-state index in [-0.39, 0.29) is 0 Å².